The Hall–Kier alpha value is -2.80. The number of benzene rings is 2. The summed E-state index contributed by atoms with van der Waals surface area (Å²) in [7, 11) is 0. The van der Waals surface area contributed by atoms with Gasteiger partial charge >= 0.3 is 0 Å². The Kier molecular flexibility index (Phi) is 6.13. The highest BCUT2D eigenvalue weighted by Crippen LogP contribution is 2.21. The second-order valence-electron chi connectivity index (χ2n) is 6.33. The van der Waals surface area contributed by atoms with Gasteiger partial charge in [0.2, 0.25) is 11.1 Å². The normalized spacial score (nSPS) is 11.8. The summed E-state index contributed by atoms with van der Waals surface area (Å²) in [4.78, 5) is 16.9. The second kappa shape index (κ2) is 8.73. The molecule has 6 nitrogen and oxygen atoms in total. The first kappa shape index (κ1) is 19.0. The highest BCUT2D eigenvalue weighted by molar-refractivity contribution is 8.00. The van der Waals surface area contributed by atoms with Crippen LogP contribution in [0.1, 0.15) is 23.9 Å². The van der Waals surface area contributed by atoms with E-state index in [2.05, 4.69) is 25.8 Å². The van der Waals surface area contributed by atoms with Crippen molar-refractivity contribution in [1.29, 1.82) is 0 Å². The minimum Gasteiger partial charge on any atom is -0.378 e. The molecule has 0 saturated carbocycles. The second-order valence-corrected chi connectivity index (χ2v) is 7.64. The fourth-order valence-corrected chi connectivity index (χ4v) is 3.17. The molecule has 1 aromatic heterocycles. The highest BCUT2D eigenvalue weighted by Gasteiger charge is 2.17. The average molecular weight is 382 g/mol. The Morgan fingerprint density at radius 2 is 1.89 bits per heavy atom. The number of carbonyl (C=O) groups excluding carboxylic acids is 1. The molecule has 7 heteroatoms. The van der Waals surface area contributed by atoms with E-state index < -0.39 is 0 Å². The maximum atomic E-state index is 12.4. The molecule has 1 amide bonds. The van der Waals surface area contributed by atoms with Crippen molar-refractivity contribution in [2.75, 3.05) is 10.6 Å². The third-order valence-corrected chi connectivity index (χ3v) is 5.13. The summed E-state index contributed by atoms with van der Waals surface area (Å²) in [6.45, 7) is 6.47. The molecule has 3 rings (SSSR count). The van der Waals surface area contributed by atoms with Crippen LogP contribution in [0.3, 0.4) is 0 Å². The lowest BCUT2D eigenvalue weighted by Gasteiger charge is -2.11. The van der Waals surface area contributed by atoms with Crippen LogP contribution in [-0.2, 0) is 11.3 Å². The van der Waals surface area contributed by atoms with E-state index in [1.807, 2.05) is 69.3 Å². The fraction of sp³-hybridized carbons (Fsp3) is 0.250. The van der Waals surface area contributed by atoms with Crippen LogP contribution in [0, 0.1) is 13.8 Å². The first-order chi connectivity index (χ1) is 13.0. The van der Waals surface area contributed by atoms with Crippen LogP contribution in [0.15, 0.2) is 53.7 Å². The predicted molar refractivity (Wildman–Crippen MR) is 110 cm³/mol. The van der Waals surface area contributed by atoms with E-state index in [0.29, 0.717) is 11.7 Å². The number of aryl methyl sites for hydroxylation is 2. The number of thioether (sulfide) groups is 1. The number of hydrogen-bond donors (Lipinski definition) is 3. The number of aromatic amines is 1. The molecule has 0 saturated heterocycles. The maximum absolute atomic E-state index is 12.4. The van der Waals surface area contributed by atoms with Gasteiger partial charge in [-0.15, -0.1) is 5.10 Å². The van der Waals surface area contributed by atoms with Crippen molar-refractivity contribution in [1.82, 2.24) is 15.2 Å². The Bertz CT molecular complexity index is 910. The maximum Gasteiger partial charge on any atom is 0.237 e. The highest BCUT2D eigenvalue weighted by atomic mass is 32.2. The molecule has 1 heterocycles. The summed E-state index contributed by atoms with van der Waals surface area (Å²) < 4.78 is 0. The largest absolute Gasteiger partial charge is 0.378 e. The van der Waals surface area contributed by atoms with Gasteiger partial charge in [0.05, 0.1) is 11.8 Å². The summed E-state index contributed by atoms with van der Waals surface area (Å²) in [6.07, 6.45) is 0. The van der Waals surface area contributed by atoms with Crippen molar-refractivity contribution >= 4 is 29.0 Å². The van der Waals surface area contributed by atoms with Gasteiger partial charge in [0.1, 0.15) is 5.82 Å². The number of aromatic nitrogens is 3. The lowest BCUT2D eigenvalue weighted by molar-refractivity contribution is -0.115. The zero-order valence-electron chi connectivity index (χ0n) is 15.6. The number of amides is 1. The van der Waals surface area contributed by atoms with Gasteiger partial charge in [-0.05, 0) is 56.2 Å². The summed E-state index contributed by atoms with van der Waals surface area (Å²) in [6, 6.07) is 15.8. The number of H-pyrrole nitrogens is 1. The standard InChI is InChI=1S/C20H23N5OS/c1-13-9-10-17(11-14(13)2)22-19(26)15(3)27-20-23-18(24-25-20)12-21-16-7-5-4-6-8-16/h4-11,15,21H,12H2,1-3H3,(H,22,26)(H,23,24,25)/t15-/m1/s1. The Morgan fingerprint density at radius 1 is 1.11 bits per heavy atom. The van der Waals surface area contributed by atoms with Crippen LogP contribution in [0.2, 0.25) is 0 Å². The molecule has 0 aliphatic heterocycles. The van der Waals surface area contributed by atoms with E-state index in [1.165, 1.54) is 17.3 Å². The summed E-state index contributed by atoms with van der Waals surface area (Å²) in [5.41, 5.74) is 4.17. The molecular formula is C20H23N5OS. The molecule has 1 atom stereocenters. The van der Waals surface area contributed by atoms with Crippen molar-refractivity contribution in [2.45, 2.75) is 37.7 Å². The van der Waals surface area contributed by atoms with Gasteiger partial charge in [-0.3, -0.25) is 9.89 Å². The number of nitrogens with zero attached hydrogens (tertiary/aromatic N) is 2. The molecule has 2 aromatic carbocycles. The number of nitrogens with one attached hydrogen (secondary N) is 3. The van der Waals surface area contributed by atoms with Gasteiger partial charge in [-0.2, -0.15) is 0 Å². The predicted octanol–water partition coefficient (Wildman–Crippen LogP) is 4.15. The summed E-state index contributed by atoms with van der Waals surface area (Å²) in [5, 5.41) is 13.6. The van der Waals surface area contributed by atoms with Gasteiger partial charge < -0.3 is 10.6 Å². The average Bonchev–Trinajstić information content (AvgIpc) is 3.11. The zero-order chi connectivity index (χ0) is 19.2. The number of carbonyl (C=O) groups is 1. The molecule has 3 aromatic rings. The van der Waals surface area contributed by atoms with Crippen LogP contribution in [0.5, 0.6) is 0 Å². The molecule has 3 N–H and O–H groups in total. The summed E-state index contributed by atoms with van der Waals surface area (Å²) >= 11 is 1.33. The zero-order valence-corrected chi connectivity index (χ0v) is 16.4. The van der Waals surface area contributed by atoms with Gasteiger partial charge in [-0.25, -0.2) is 4.98 Å². The van der Waals surface area contributed by atoms with Crippen LogP contribution in [0.4, 0.5) is 11.4 Å². The van der Waals surface area contributed by atoms with E-state index in [4.69, 9.17) is 0 Å². The molecule has 0 spiro atoms. The quantitative estimate of drug-likeness (QED) is 0.536. The smallest absolute Gasteiger partial charge is 0.237 e. The van der Waals surface area contributed by atoms with Crippen molar-refractivity contribution < 1.29 is 4.79 Å². The van der Waals surface area contributed by atoms with Crippen molar-refractivity contribution in [3.05, 3.63) is 65.5 Å². The van der Waals surface area contributed by atoms with Crippen LogP contribution < -0.4 is 10.6 Å². The van der Waals surface area contributed by atoms with Gasteiger partial charge in [0, 0.05) is 11.4 Å². The molecule has 0 unspecified atom stereocenters. The monoisotopic (exact) mass is 381 g/mol. The third kappa shape index (κ3) is 5.34. The molecular weight excluding hydrogens is 358 g/mol. The van der Waals surface area contributed by atoms with Crippen molar-refractivity contribution in [3.8, 4) is 0 Å². The molecule has 0 bridgehead atoms. The fourth-order valence-electron chi connectivity index (χ4n) is 2.43. The van der Waals surface area contributed by atoms with E-state index >= 15 is 0 Å². The summed E-state index contributed by atoms with van der Waals surface area (Å²) in [5.74, 6) is 0.653. The van der Waals surface area contributed by atoms with E-state index in [9.17, 15) is 4.79 Å². The first-order valence-electron chi connectivity index (χ1n) is 8.76. The lowest BCUT2D eigenvalue weighted by atomic mass is 10.1. The van der Waals surface area contributed by atoms with E-state index in [-0.39, 0.29) is 11.2 Å². The van der Waals surface area contributed by atoms with Gasteiger partial charge in [-0.1, -0.05) is 36.0 Å². The minimum absolute atomic E-state index is 0.0722. The first-order valence-corrected chi connectivity index (χ1v) is 9.64. The molecule has 0 aliphatic rings. The number of para-hydroxylation sites is 1. The molecule has 27 heavy (non-hydrogen) atoms. The van der Waals surface area contributed by atoms with E-state index in [0.717, 1.165) is 22.8 Å². The Morgan fingerprint density at radius 3 is 2.63 bits per heavy atom. The van der Waals surface area contributed by atoms with Gasteiger partial charge in [0.15, 0.2) is 0 Å². The molecule has 0 fully saturated rings. The number of anilines is 2. The van der Waals surface area contributed by atoms with E-state index in [1.54, 1.807) is 0 Å². The third-order valence-electron chi connectivity index (χ3n) is 4.17. The van der Waals surface area contributed by atoms with Crippen LogP contribution >= 0.6 is 11.8 Å². The Balaban J connectivity index is 1.52. The minimum atomic E-state index is -0.308. The number of rotatable bonds is 7. The Labute approximate surface area is 163 Å². The van der Waals surface area contributed by atoms with Crippen LogP contribution in [-0.4, -0.2) is 26.3 Å². The van der Waals surface area contributed by atoms with Crippen LogP contribution in [0.25, 0.3) is 0 Å². The molecule has 140 valence electrons. The molecule has 0 aliphatic carbocycles. The molecule has 0 radical (unpaired) electrons. The van der Waals surface area contributed by atoms with Crippen molar-refractivity contribution in [3.63, 3.8) is 0 Å². The van der Waals surface area contributed by atoms with Gasteiger partial charge in [0.25, 0.3) is 0 Å². The topological polar surface area (TPSA) is 82.7 Å². The SMILES string of the molecule is Cc1ccc(NC(=O)[C@@H](C)Sc2n[nH]c(CNc3ccccc3)n2)cc1C. The lowest BCUT2D eigenvalue weighted by Crippen LogP contribution is -2.22. The van der Waals surface area contributed by atoms with Crippen molar-refractivity contribution in [2.24, 2.45) is 0 Å². The number of hydrogen-bond acceptors (Lipinski definition) is 5.